The topological polar surface area (TPSA) is 34.1 Å². The molecule has 0 radical (unpaired) electrons. The van der Waals surface area contributed by atoms with E-state index in [9.17, 15) is 0 Å². The molecule has 7 heteroatoms. The minimum absolute atomic E-state index is 0.134. The third-order valence-corrected chi connectivity index (χ3v) is 7.06. The summed E-state index contributed by atoms with van der Waals surface area (Å²) in [5, 5.41) is 9.20. The van der Waals surface area contributed by atoms with Crippen molar-refractivity contribution in [2.75, 3.05) is 6.61 Å². The van der Waals surface area contributed by atoms with Gasteiger partial charge in [-0.2, -0.15) is 5.10 Å². The van der Waals surface area contributed by atoms with Crippen LogP contribution in [0.3, 0.4) is 0 Å². The SMILES string of the molecule is CCOc1c(Br)cc(Br)cc1[C@H]1Oc2ccccc2[C@@H]2CC(c3cccs3)=NN12. The molecule has 1 aromatic heterocycles. The van der Waals surface area contributed by atoms with Crippen LogP contribution in [0.4, 0.5) is 0 Å². The molecule has 0 aliphatic carbocycles. The number of para-hydroxylation sites is 1. The number of nitrogens with zero attached hydrogens (tertiary/aromatic N) is 2. The molecule has 0 N–H and O–H groups in total. The van der Waals surface area contributed by atoms with E-state index in [0.29, 0.717) is 6.61 Å². The average Bonchev–Trinajstić information content (AvgIpc) is 3.39. The van der Waals surface area contributed by atoms with Gasteiger partial charge in [0, 0.05) is 16.5 Å². The number of halogens is 2. The minimum atomic E-state index is -0.372. The lowest BCUT2D eigenvalue weighted by Gasteiger charge is -2.38. The number of hydrazone groups is 1. The molecule has 148 valence electrons. The molecule has 0 saturated carbocycles. The van der Waals surface area contributed by atoms with Crippen molar-refractivity contribution in [3.8, 4) is 11.5 Å². The number of benzene rings is 2. The maximum absolute atomic E-state index is 6.50. The Morgan fingerprint density at radius 1 is 1.17 bits per heavy atom. The van der Waals surface area contributed by atoms with Crippen molar-refractivity contribution in [3.63, 3.8) is 0 Å². The van der Waals surface area contributed by atoms with Crippen molar-refractivity contribution < 1.29 is 9.47 Å². The number of rotatable bonds is 4. The normalized spacial score (nSPS) is 20.0. The van der Waals surface area contributed by atoms with Crippen molar-refractivity contribution in [1.82, 2.24) is 5.01 Å². The molecule has 4 nitrogen and oxygen atoms in total. The van der Waals surface area contributed by atoms with Crippen LogP contribution in [-0.2, 0) is 0 Å². The van der Waals surface area contributed by atoms with Gasteiger partial charge in [-0.1, -0.05) is 40.2 Å². The Bertz CT molecular complexity index is 1080. The van der Waals surface area contributed by atoms with Gasteiger partial charge in [0.25, 0.3) is 0 Å². The van der Waals surface area contributed by atoms with E-state index < -0.39 is 0 Å². The summed E-state index contributed by atoms with van der Waals surface area (Å²) in [6, 6.07) is 16.6. The van der Waals surface area contributed by atoms with E-state index in [2.05, 4.69) is 72.6 Å². The van der Waals surface area contributed by atoms with Gasteiger partial charge in [-0.15, -0.1) is 11.3 Å². The summed E-state index contributed by atoms with van der Waals surface area (Å²) < 4.78 is 14.3. The highest BCUT2D eigenvalue weighted by Gasteiger charge is 2.42. The molecule has 29 heavy (non-hydrogen) atoms. The highest BCUT2D eigenvalue weighted by atomic mass is 79.9. The fourth-order valence-electron chi connectivity index (χ4n) is 3.89. The fraction of sp³-hybridized carbons (Fsp3) is 0.227. The Morgan fingerprint density at radius 3 is 2.83 bits per heavy atom. The Morgan fingerprint density at radius 2 is 2.03 bits per heavy atom. The molecule has 2 aliphatic rings. The second-order valence-electron chi connectivity index (χ2n) is 6.87. The summed E-state index contributed by atoms with van der Waals surface area (Å²) in [4.78, 5) is 1.20. The maximum Gasteiger partial charge on any atom is 0.217 e. The van der Waals surface area contributed by atoms with E-state index in [1.807, 2.05) is 25.1 Å². The van der Waals surface area contributed by atoms with E-state index >= 15 is 0 Å². The van der Waals surface area contributed by atoms with Gasteiger partial charge < -0.3 is 9.47 Å². The summed E-state index contributed by atoms with van der Waals surface area (Å²) in [6.07, 6.45) is 0.485. The summed E-state index contributed by atoms with van der Waals surface area (Å²) in [6.45, 7) is 2.56. The first-order valence-electron chi connectivity index (χ1n) is 9.42. The maximum atomic E-state index is 6.50. The van der Waals surface area contributed by atoms with E-state index in [1.54, 1.807) is 11.3 Å². The summed E-state index contributed by atoms with van der Waals surface area (Å²) >= 11 is 8.99. The fourth-order valence-corrected chi connectivity index (χ4v) is 5.99. The molecule has 3 heterocycles. The zero-order chi connectivity index (χ0) is 20.0. The molecule has 3 aromatic rings. The number of fused-ring (bicyclic) bond motifs is 3. The van der Waals surface area contributed by atoms with Crippen LogP contribution in [-0.4, -0.2) is 17.3 Å². The standard InChI is InChI=1S/C22H18Br2N2O2S/c1-2-27-21-15(10-13(23)11-16(21)24)22-26-18(14-6-3-4-7-19(14)28-22)12-17(25-26)20-8-5-9-29-20/h3-11,18,22H,2,12H2,1H3/t18-,22+/m0/s1. The lowest BCUT2D eigenvalue weighted by Crippen LogP contribution is -2.34. The summed E-state index contributed by atoms with van der Waals surface area (Å²) in [5.74, 6) is 1.69. The van der Waals surface area contributed by atoms with Crippen LogP contribution in [0.5, 0.6) is 11.5 Å². The van der Waals surface area contributed by atoms with Crippen molar-refractivity contribution >= 4 is 48.9 Å². The van der Waals surface area contributed by atoms with Crippen LogP contribution in [0, 0.1) is 0 Å². The highest BCUT2D eigenvalue weighted by molar-refractivity contribution is 9.11. The zero-order valence-corrected chi connectivity index (χ0v) is 19.6. The molecule has 0 bridgehead atoms. The second-order valence-corrected chi connectivity index (χ2v) is 9.59. The van der Waals surface area contributed by atoms with E-state index in [-0.39, 0.29) is 12.3 Å². The molecule has 2 aromatic carbocycles. The van der Waals surface area contributed by atoms with Gasteiger partial charge in [-0.05, 0) is 52.5 Å². The first-order valence-corrected chi connectivity index (χ1v) is 11.9. The van der Waals surface area contributed by atoms with Crippen LogP contribution >= 0.6 is 43.2 Å². The van der Waals surface area contributed by atoms with Crippen LogP contribution < -0.4 is 9.47 Å². The van der Waals surface area contributed by atoms with Crippen LogP contribution in [0.15, 0.2) is 68.0 Å². The minimum Gasteiger partial charge on any atom is -0.492 e. The molecule has 0 saturated heterocycles. The third kappa shape index (κ3) is 3.39. The molecule has 2 aliphatic heterocycles. The second kappa shape index (κ2) is 7.78. The molecule has 0 unspecified atom stereocenters. The van der Waals surface area contributed by atoms with Crippen LogP contribution in [0.25, 0.3) is 0 Å². The zero-order valence-electron chi connectivity index (χ0n) is 15.6. The Balaban J connectivity index is 1.65. The predicted molar refractivity (Wildman–Crippen MR) is 123 cm³/mol. The largest absolute Gasteiger partial charge is 0.492 e. The summed E-state index contributed by atoms with van der Waals surface area (Å²) in [7, 11) is 0. The van der Waals surface area contributed by atoms with Crippen molar-refractivity contribution in [3.05, 3.63) is 78.9 Å². The van der Waals surface area contributed by atoms with Crippen LogP contribution in [0.1, 0.15) is 41.6 Å². The molecule has 2 atom stereocenters. The first kappa shape index (κ1) is 19.2. The van der Waals surface area contributed by atoms with E-state index in [1.165, 1.54) is 10.4 Å². The van der Waals surface area contributed by atoms with Gasteiger partial charge in [0.1, 0.15) is 11.5 Å². The van der Waals surface area contributed by atoms with Gasteiger partial charge in [0.2, 0.25) is 6.23 Å². The first-order chi connectivity index (χ1) is 14.2. The smallest absolute Gasteiger partial charge is 0.217 e. The summed E-state index contributed by atoms with van der Waals surface area (Å²) in [5.41, 5.74) is 3.22. The Labute approximate surface area is 190 Å². The molecule has 0 spiro atoms. The number of ether oxygens (including phenoxy) is 2. The Kier molecular flexibility index (Phi) is 5.14. The van der Waals surface area contributed by atoms with Crippen molar-refractivity contribution in [2.24, 2.45) is 5.10 Å². The average molecular weight is 534 g/mol. The number of hydrogen-bond acceptors (Lipinski definition) is 5. The van der Waals surface area contributed by atoms with Gasteiger partial charge in [0.05, 0.1) is 33.3 Å². The van der Waals surface area contributed by atoms with Crippen LogP contribution in [0.2, 0.25) is 0 Å². The van der Waals surface area contributed by atoms with Gasteiger partial charge in [-0.3, -0.25) is 0 Å². The van der Waals surface area contributed by atoms with E-state index in [0.717, 1.165) is 38.1 Å². The lowest BCUT2D eigenvalue weighted by molar-refractivity contribution is -0.0206. The molecule has 0 fully saturated rings. The number of hydrogen-bond donors (Lipinski definition) is 0. The predicted octanol–water partition coefficient (Wildman–Crippen LogP) is 6.91. The molecular weight excluding hydrogens is 516 g/mol. The van der Waals surface area contributed by atoms with Gasteiger partial charge in [-0.25, -0.2) is 5.01 Å². The lowest BCUT2D eigenvalue weighted by atomic mass is 9.97. The molecular formula is C22H18Br2N2O2S. The quantitative estimate of drug-likeness (QED) is 0.365. The highest BCUT2D eigenvalue weighted by Crippen LogP contribution is 2.50. The van der Waals surface area contributed by atoms with E-state index in [4.69, 9.17) is 14.6 Å². The van der Waals surface area contributed by atoms with Gasteiger partial charge in [0.15, 0.2) is 0 Å². The monoisotopic (exact) mass is 532 g/mol. The molecule has 5 rings (SSSR count). The van der Waals surface area contributed by atoms with Crippen molar-refractivity contribution in [2.45, 2.75) is 25.6 Å². The van der Waals surface area contributed by atoms with Crippen molar-refractivity contribution in [1.29, 1.82) is 0 Å². The Hall–Kier alpha value is -1.83. The number of thiophene rings is 1. The van der Waals surface area contributed by atoms with Gasteiger partial charge >= 0.3 is 0 Å². The third-order valence-electron chi connectivity index (χ3n) is 5.10. The molecule has 0 amide bonds.